The van der Waals surface area contributed by atoms with Crippen LogP contribution in [0.25, 0.3) is 0 Å². The first-order chi connectivity index (χ1) is 8.74. The molecule has 0 amide bonds. The lowest BCUT2D eigenvalue weighted by molar-refractivity contribution is 0.0593. The van der Waals surface area contributed by atoms with Gasteiger partial charge >= 0.3 is 5.97 Å². The molecule has 0 aromatic carbocycles. The third kappa shape index (κ3) is 2.78. The SMILES string of the molecule is CCN(CC1CCC1)c1cncc(C(=O)OC)n1. The van der Waals surface area contributed by atoms with E-state index in [0.717, 1.165) is 24.8 Å². The zero-order valence-corrected chi connectivity index (χ0v) is 10.9. The lowest BCUT2D eigenvalue weighted by Gasteiger charge is -2.32. The van der Waals surface area contributed by atoms with E-state index in [1.807, 2.05) is 0 Å². The van der Waals surface area contributed by atoms with Crippen LogP contribution in [0.3, 0.4) is 0 Å². The molecule has 98 valence electrons. The lowest BCUT2D eigenvalue weighted by Crippen LogP contribution is -2.33. The second kappa shape index (κ2) is 5.80. The molecule has 0 saturated heterocycles. The second-order valence-electron chi connectivity index (χ2n) is 4.59. The van der Waals surface area contributed by atoms with Crippen LogP contribution in [-0.2, 0) is 4.74 Å². The minimum absolute atomic E-state index is 0.266. The number of aromatic nitrogens is 2. The number of methoxy groups -OCH3 is 1. The molecule has 0 N–H and O–H groups in total. The van der Waals surface area contributed by atoms with Gasteiger partial charge < -0.3 is 9.64 Å². The van der Waals surface area contributed by atoms with Crippen molar-refractivity contribution < 1.29 is 9.53 Å². The zero-order valence-electron chi connectivity index (χ0n) is 10.9. The van der Waals surface area contributed by atoms with Gasteiger partial charge in [-0.15, -0.1) is 0 Å². The van der Waals surface area contributed by atoms with E-state index in [-0.39, 0.29) is 5.69 Å². The Morgan fingerprint density at radius 1 is 1.50 bits per heavy atom. The van der Waals surface area contributed by atoms with Gasteiger partial charge in [0.1, 0.15) is 5.82 Å². The van der Waals surface area contributed by atoms with Crippen molar-refractivity contribution in [2.24, 2.45) is 5.92 Å². The molecule has 18 heavy (non-hydrogen) atoms. The Morgan fingerprint density at radius 3 is 2.83 bits per heavy atom. The summed E-state index contributed by atoms with van der Waals surface area (Å²) in [7, 11) is 1.35. The highest BCUT2D eigenvalue weighted by molar-refractivity contribution is 5.87. The fourth-order valence-corrected chi connectivity index (χ4v) is 2.08. The minimum Gasteiger partial charge on any atom is -0.464 e. The topological polar surface area (TPSA) is 55.3 Å². The van der Waals surface area contributed by atoms with Crippen molar-refractivity contribution in [3.8, 4) is 0 Å². The Balaban J connectivity index is 2.11. The molecule has 0 bridgehead atoms. The third-order valence-corrected chi connectivity index (χ3v) is 3.43. The Kier molecular flexibility index (Phi) is 4.12. The molecule has 1 aromatic heterocycles. The molecule has 1 heterocycles. The number of ether oxygens (including phenoxy) is 1. The van der Waals surface area contributed by atoms with Gasteiger partial charge in [-0.1, -0.05) is 6.42 Å². The summed E-state index contributed by atoms with van der Waals surface area (Å²) in [5.41, 5.74) is 0.266. The average molecular weight is 249 g/mol. The van der Waals surface area contributed by atoms with Crippen molar-refractivity contribution in [2.45, 2.75) is 26.2 Å². The van der Waals surface area contributed by atoms with Gasteiger partial charge in [0.15, 0.2) is 5.69 Å². The first-order valence-corrected chi connectivity index (χ1v) is 6.40. The molecular weight excluding hydrogens is 230 g/mol. The average Bonchev–Trinajstić information content (AvgIpc) is 2.37. The van der Waals surface area contributed by atoms with Crippen molar-refractivity contribution >= 4 is 11.8 Å². The van der Waals surface area contributed by atoms with Crippen LogP contribution in [0.1, 0.15) is 36.7 Å². The molecule has 1 aliphatic carbocycles. The first-order valence-electron chi connectivity index (χ1n) is 6.40. The number of esters is 1. The molecule has 0 aliphatic heterocycles. The Bertz CT molecular complexity index is 418. The van der Waals surface area contributed by atoms with Crippen molar-refractivity contribution in [2.75, 3.05) is 25.1 Å². The minimum atomic E-state index is -0.441. The van der Waals surface area contributed by atoms with E-state index in [2.05, 4.69) is 26.5 Å². The molecule has 1 aliphatic rings. The summed E-state index contributed by atoms with van der Waals surface area (Å²) in [5.74, 6) is 1.07. The highest BCUT2D eigenvalue weighted by Gasteiger charge is 2.21. The number of nitrogens with zero attached hydrogens (tertiary/aromatic N) is 3. The van der Waals surface area contributed by atoms with E-state index >= 15 is 0 Å². The monoisotopic (exact) mass is 249 g/mol. The number of hydrogen-bond donors (Lipinski definition) is 0. The molecule has 5 heteroatoms. The molecule has 1 saturated carbocycles. The van der Waals surface area contributed by atoms with Crippen LogP contribution in [0.5, 0.6) is 0 Å². The molecule has 5 nitrogen and oxygen atoms in total. The lowest BCUT2D eigenvalue weighted by atomic mass is 9.85. The number of carbonyl (C=O) groups is 1. The maximum Gasteiger partial charge on any atom is 0.358 e. The summed E-state index contributed by atoms with van der Waals surface area (Å²) < 4.78 is 4.66. The normalized spacial score (nSPS) is 15.0. The fourth-order valence-electron chi connectivity index (χ4n) is 2.08. The highest BCUT2D eigenvalue weighted by atomic mass is 16.5. The molecular formula is C13H19N3O2. The van der Waals surface area contributed by atoms with Gasteiger partial charge in [-0.3, -0.25) is 4.98 Å². The van der Waals surface area contributed by atoms with Gasteiger partial charge in [-0.2, -0.15) is 0 Å². The van der Waals surface area contributed by atoms with Crippen LogP contribution in [0.15, 0.2) is 12.4 Å². The predicted molar refractivity (Wildman–Crippen MR) is 68.6 cm³/mol. The molecule has 1 aromatic rings. The number of anilines is 1. The molecule has 0 atom stereocenters. The zero-order chi connectivity index (χ0) is 13.0. The summed E-state index contributed by atoms with van der Waals surface area (Å²) in [6.07, 6.45) is 7.05. The van der Waals surface area contributed by atoms with Gasteiger partial charge in [0, 0.05) is 13.1 Å². The number of hydrogen-bond acceptors (Lipinski definition) is 5. The van der Waals surface area contributed by atoms with Crippen molar-refractivity contribution in [1.82, 2.24) is 9.97 Å². The van der Waals surface area contributed by atoms with E-state index in [1.54, 1.807) is 6.20 Å². The van der Waals surface area contributed by atoms with Crippen LogP contribution in [-0.4, -0.2) is 36.1 Å². The van der Waals surface area contributed by atoms with Crippen molar-refractivity contribution in [3.63, 3.8) is 0 Å². The van der Waals surface area contributed by atoms with E-state index in [9.17, 15) is 4.79 Å². The second-order valence-corrected chi connectivity index (χ2v) is 4.59. The van der Waals surface area contributed by atoms with Gasteiger partial charge in [0.05, 0.1) is 19.5 Å². The van der Waals surface area contributed by atoms with Gasteiger partial charge in [-0.25, -0.2) is 9.78 Å². The van der Waals surface area contributed by atoms with Crippen LogP contribution in [0.4, 0.5) is 5.82 Å². The first kappa shape index (κ1) is 12.8. The van der Waals surface area contributed by atoms with Crippen LogP contribution < -0.4 is 4.90 Å². The van der Waals surface area contributed by atoms with Crippen molar-refractivity contribution in [1.29, 1.82) is 0 Å². The van der Waals surface area contributed by atoms with Crippen molar-refractivity contribution in [3.05, 3.63) is 18.1 Å². The van der Waals surface area contributed by atoms with E-state index in [1.165, 1.54) is 32.6 Å². The standard InChI is InChI=1S/C13H19N3O2/c1-3-16(9-10-5-4-6-10)12-8-14-7-11(15-12)13(17)18-2/h7-8,10H,3-6,9H2,1-2H3. The summed E-state index contributed by atoms with van der Waals surface area (Å²) in [6.45, 7) is 3.96. The summed E-state index contributed by atoms with van der Waals surface area (Å²) >= 11 is 0. The smallest absolute Gasteiger partial charge is 0.358 e. The summed E-state index contributed by atoms with van der Waals surface area (Å²) in [4.78, 5) is 22.0. The number of rotatable bonds is 5. The molecule has 0 radical (unpaired) electrons. The Morgan fingerprint density at radius 2 is 2.28 bits per heavy atom. The summed E-state index contributed by atoms with van der Waals surface area (Å²) in [6, 6.07) is 0. The molecule has 1 fully saturated rings. The van der Waals surface area contributed by atoms with E-state index in [4.69, 9.17) is 0 Å². The molecule has 2 rings (SSSR count). The maximum absolute atomic E-state index is 11.4. The Labute approximate surface area is 107 Å². The predicted octanol–water partition coefficient (Wildman–Crippen LogP) is 1.89. The quantitative estimate of drug-likeness (QED) is 0.746. The van der Waals surface area contributed by atoms with Crippen LogP contribution >= 0.6 is 0 Å². The van der Waals surface area contributed by atoms with Gasteiger partial charge in [0.25, 0.3) is 0 Å². The van der Waals surface area contributed by atoms with E-state index < -0.39 is 5.97 Å². The highest BCUT2D eigenvalue weighted by Crippen LogP contribution is 2.28. The van der Waals surface area contributed by atoms with Crippen LogP contribution in [0.2, 0.25) is 0 Å². The molecule has 0 unspecified atom stereocenters. The summed E-state index contributed by atoms with van der Waals surface area (Å²) in [5, 5.41) is 0. The van der Waals surface area contributed by atoms with E-state index in [0.29, 0.717) is 0 Å². The van der Waals surface area contributed by atoms with Gasteiger partial charge in [-0.05, 0) is 25.7 Å². The van der Waals surface area contributed by atoms with Gasteiger partial charge in [0.2, 0.25) is 0 Å². The maximum atomic E-state index is 11.4. The Hall–Kier alpha value is -1.65. The van der Waals surface area contributed by atoms with Crippen LogP contribution in [0, 0.1) is 5.92 Å². The third-order valence-electron chi connectivity index (χ3n) is 3.43. The number of carbonyl (C=O) groups excluding carboxylic acids is 1. The fraction of sp³-hybridized carbons (Fsp3) is 0.615. The molecule has 0 spiro atoms. The largest absolute Gasteiger partial charge is 0.464 e.